The minimum Gasteiger partial charge on any atom is -0.380 e. The van der Waals surface area contributed by atoms with Crippen LogP contribution in [-0.4, -0.2) is 67.6 Å². The third kappa shape index (κ3) is 6.15. The standard InChI is InChI=1S/C17H24ClN3O3.ClH/c1-24-15(12-19)11-16(22)20-6-3-7-21(9-8-20)17(23)13-4-2-5-14(18)10-13;/h2,4-5,10,15H,3,6-9,11-12,19H2,1H3;1H. The highest BCUT2D eigenvalue weighted by Crippen LogP contribution is 2.15. The fourth-order valence-corrected chi connectivity index (χ4v) is 2.95. The highest BCUT2D eigenvalue weighted by atomic mass is 35.5. The SMILES string of the molecule is COC(CN)CC(=O)N1CCCN(C(=O)c2cccc(Cl)c2)CC1.Cl. The Morgan fingerprint density at radius 3 is 2.56 bits per heavy atom. The van der Waals surface area contributed by atoms with Gasteiger partial charge in [0.25, 0.3) is 5.91 Å². The molecule has 0 aromatic heterocycles. The Bertz CT molecular complexity index is 582. The number of nitrogens with zero attached hydrogens (tertiary/aromatic N) is 2. The molecule has 1 aliphatic heterocycles. The van der Waals surface area contributed by atoms with Crippen molar-refractivity contribution >= 4 is 35.8 Å². The Hall–Kier alpha value is -1.34. The molecule has 0 spiro atoms. The number of nitrogens with two attached hydrogens (primary N) is 1. The molecule has 6 nitrogen and oxygen atoms in total. The minimum atomic E-state index is -0.259. The van der Waals surface area contributed by atoms with Crippen LogP contribution in [0.15, 0.2) is 24.3 Å². The molecule has 140 valence electrons. The van der Waals surface area contributed by atoms with Crippen molar-refractivity contribution in [2.24, 2.45) is 5.73 Å². The summed E-state index contributed by atoms with van der Waals surface area (Å²) in [6.45, 7) is 2.61. The zero-order valence-electron chi connectivity index (χ0n) is 14.3. The Morgan fingerprint density at radius 2 is 1.92 bits per heavy atom. The highest BCUT2D eigenvalue weighted by Gasteiger charge is 2.24. The zero-order valence-corrected chi connectivity index (χ0v) is 15.9. The molecule has 0 saturated carbocycles. The number of hydrogen-bond donors (Lipinski definition) is 1. The molecule has 1 atom stereocenters. The second-order valence-corrected chi connectivity index (χ2v) is 6.27. The maximum absolute atomic E-state index is 12.6. The van der Waals surface area contributed by atoms with E-state index in [1.54, 1.807) is 41.2 Å². The van der Waals surface area contributed by atoms with Crippen LogP contribution < -0.4 is 5.73 Å². The molecule has 1 saturated heterocycles. The van der Waals surface area contributed by atoms with E-state index in [2.05, 4.69) is 0 Å². The monoisotopic (exact) mass is 389 g/mol. The summed E-state index contributed by atoms with van der Waals surface area (Å²) in [5.41, 5.74) is 6.14. The largest absolute Gasteiger partial charge is 0.380 e. The van der Waals surface area contributed by atoms with Gasteiger partial charge in [0.15, 0.2) is 0 Å². The summed E-state index contributed by atoms with van der Waals surface area (Å²) in [4.78, 5) is 28.5. The third-order valence-electron chi connectivity index (χ3n) is 4.21. The molecule has 1 aromatic rings. The number of rotatable bonds is 5. The molecule has 0 bridgehead atoms. The van der Waals surface area contributed by atoms with Gasteiger partial charge < -0.3 is 20.3 Å². The molecule has 2 rings (SSSR count). The van der Waals surface area contributed by atoms with Gasteiger partial charge in [-0.25, -0.2) is 0 Å². The lowest BCUT2D eigenvalue weighted by Crippen LogP contribution is -2.39. The van der Waals surface area contributed by atoms with E-state index in [9.17, 15) is 9.59 Å². The smallest absolute Gasteiger partial charge is 0.253 e. The molecule has 1 fully saturated rings. The van der Waals surface area contributed by atoms with Gasteiger partial charge in [0.05, 0.1) is 12.5 Å². The van der Waals surface area contributed by atoms with Crippen LogP contribution in [0.25, 0.3) is 0 Å². The number of amides is 2. The molecular weight excluding hydrogens is 365 g/mol. The van der Waals surface area contributed by atoms with Crippen molar-refractivity contribution in [1.29, 1.82) is 0 Å². The van der Waals surface area contributed by atoms with Gasteiger partial charge >= 0.3 is 0 Å². The van der Waals surface area contributed by atoms with E-state index >= 15 is 0 Å². The molecule has 2 N–H and O–H groups in total. The summed E-state index contributed by atoms with van der Waals surface area (Å²) in [5, 5.41) is 0.542. The van der Waals surface area contributed by atoms with Crippen LogP contribution in [0.1, 0.15) is 23.2 Å². The minimum absolute atomic E-state index is 0. The van der Waals surface area contributed by atoms with E-state index in [0.29, 0.717) is 43.3 Å². The molecule has 25 heavy (non-hydrogen) atoms. The van der Waals surface area contributed by atoms with Gasteiger partial charge in [-0.05, 0) is 24.6 Å². The molecular formula is C17H25Cl2N3O3. The molecule has 0 radical (unpaired) electrons. The summed E-state index contributed by atoms with van der Waals surface area (Å²) in [6, 6.07) is 6.93. The Morgan fingerprint density at radius 1 is 1.24 bits per heavy atom. The Balaban J connectivity index is 0.00000312. The first-order chi connectivity index (χ1) is 11.5. The fraction of sp³-hybridized carbons (Fsp3) is 0.529. The van der Waals surface area contributed by atoms with Gasteiger partial charge in [-0.3, -0.25) is 9.59 Å². The van der Waals surface area contributed by atoms with Crippen molar-refractivity contribution < 1.29 is 14.3 Å². The highest BCUT2D eigenvalue weighted by molar-refractivity contribution is 6.30. The molecule has 1 unspecified atom stereocenters. The Labute approximate surface area is 159 Å². The van der Waals surface area contributed by atoms with Crippen molar-refractivity contribution in [2.45, 2.75) is 18.9 Å². The lowest BCUT2D eigenvalue weighted by Gasteiger charge is -2.23. The van der Waals surface area contributed by atoms with Gasteiger partial charge in [-0.15, -0.1) is 12.4 Å². The van der Waals surface area contributed by atoms with E-state index < -0.39 is 0 Å². The lowest BCUT2D eigenvalue weighted by atomic mass is 10.2. The number of methoxy groups -OCH3 is 1. The van der Waals surface area contributed by atoms with Crippen molar-refractivity contribution in [3.05, 3.63) is 34.9 Å². The summed E-state index contributed by atoms with van der Waals surface area (Å²) >= 11 is 5.96. The maximum Gasteiger partial charge on any atom is 0.253 e. The van der Waals surface area contributed by atoms with E-state index in [4.69, 9.17) is 22.1 Å². The topological polar surface area (TPSA) is 75.9 Å². The van der Waals surface area contributed by atoms with E-state index in [-0.39, 0.29) is 36.7 Å². The molecule has 8 heteroatoms. The van der Waals surface area contributed by atoms with Gasteiger partial charge in [0.2, 0.25) is 5.91 Å². The normalized spacial score (nSPS) is 16.0. The third-order valence-corrected chi connectivity index (χ3v) is 4.44. The summed E-state index contributed by atoms with van der Waals surface area (Å²) in [6.07, 6.45) is 0.762. The number of carbonyl (C=O) groups is 2. The lowest BCUT2D eigenvalue weighted by molar-refractivity contribution is -0.133. The van der Waals surface area contributed by atoms with Crippen LogP contribution in [0.5, 0.6) is 0 Å². The number of ether oxygens (including phenoxy) is 1. The first-order valence-corrected chi connectivity index (χ1v) is 8.48. The van der Waals surface area contributed by atoms with Crippen LogP contribution in [0.3, 0.4) is 0 Å². The van der Waals surface area contributed by atoms with Crippen LogP contribution in [0, 0.1) is 0 Å². The van der Waals surface area contributed by atoms with Crippen molar-refractivity contribution in [1.82, 2.24) is 9.80 Å². The van der Waals surface area contributed by atoms with Crippen LogP contribution in [0.2, 0.25) is 5.02 Å². The molecule has 0 aliphatic carbocycles. The second-order valence-electron chi connectivity index (χ2n) is 5.83. The van der Waals surface area contributed by atoms with Gasteiger partial charge in [-0.1, -0.05) is 17.7 Å². The van der Waals surface area contributed by atoms with Crippen LogP contribution in [0.4, 0.5) is 0 Å². The quantitative estimate of drug-likeness (QED) is 0.832. The van der Waals surface area contributed by atoms with Crippen molar-refractivity contribution in [3.8, 4) is 0 Å². The van der Waals surface area contributed by atoms with Crippen molar-refractivity contribution in [3.63, 3.8) is 0 Å². The number of halogens is 2. The number of hydrogen-bond acceptors (Lipinski definition) is 4. The molecule has 2 amide bonds. The zero-order chi connectivity index (χ0) is 17.5. The summed E-state index contributed by atoms with van der Waals surface area (Å²) in [5.74, 6) is -0.0344. The average molecular weight is 390 g/mol. The van der Waals surface area contributed by atoms with Gasteiger partial charge in [-0.2, -0.15) is 0 Å². The van der Waals surface area contributed by atoms with Crippen LogP contribution in [-0.2, 0) is 9.53 Å². The molecule has 1 aliphatic rings. The summed E-state index contributed by atoms with van der Waals surface area (Å²) < 4.78 is 5.17. The Kier molecular flexibility index (Phi) is 9.21. The number of benzene rings is 1. The van der Waals surface area contributed by atoms with E-state index in [1.807, 2.05) is 0 Å². The fourth-order valence-electron chi connectivity index (χ4n) is 2.76. The van der Waals surface area contributed by atoms with Gasteiger partial charge in [0.1, 0.15) is 0 Å². The predicted molar refractivity (Wildman–Crippen MR) is 100 cm³/mol. The number of carbonyl (C=O) groups excluding carboxylic acids is 2. The predicted octanol–water partition coefficient (Wildman–Crippen LogP) is 1.80. The van der Waals surface area contributed by atoms with Crippen molar-refractivity contribution in [2.75, 3.05) is 39.8 Å². The summed E-state index contributed by atoms with van der Waals surface area (Å²) in [7, 11) is 1.55. The second kappa shape index (κ2) is 10.6. The first kappa shape index (κ1) is 21.7. The first-order valence-electron chi connectivity index (χ1n) is 8.10. The van der Waals surface area contributed by atoms with E-state index in [1.165, 1.54) is 0 Å². The van der Waals surface area contributed by atoms with Crippen LogP contribution >= 0.6 is 24.0 Å². The molecule has 1 aromatic carbocycles. The van der Waals surface area contributed by atoms with E-state index in [0.717, 1.165) is 6.42 Å². The average Bonchev–Trinajstić information content (AvgIpc) is 2.85. The maximum atomic E-state index is 12.6. The van der Waals surface area contributed by atoms with Gasteiger partial charge in [0, 0.05) is 50.4 Å². The molecule has 1 heterocycles.